The number of carbonyl (C=O) groups is 1. The summed E-state index contributed by atoms with van der Waals surface area (Å²) in [5, 5.41) is 41.7. The molecule has 0 aromatic heterocycles. The van der Waals surface area contributed by atoms with Crippen LogP contribution in [0.15, 0.2) is 0 Å². The lowest BCUT2D eigenvalue weighted by Gasteiger charge is -2.39. The number of hydrogen-bond donors (Lipinski definition) is 4. The Labute approximate surface area is 288 Å². The second-order valence-corrected chi connectivity index (χ2v) is 14.3. The van der Waals surface area contributed by atoms with E-state index < -0.39 is 48.7 Å². The van der Waals surface area contributed by atoms with Crippen molar-refractivity contribution >= 4 is 5.97 Å². The van der Waals surface area contributed by atoms with Crippen LogP contribution in [0.2, 0.25) is 0 Å². The summed E-state index contributed by atoms with van der Waals surface area (Å²) >= 11 is 0. The van der Waals surface area contributed by atoms with Crippen LogP contribution in [0.1, 0.15) is 187 Å². The molecule has 280 valence electrons. The first-order valence-corrected chi connectivity index (χ1v) is 19.9. The molecule has 1 rings (SSSR count). The van der Waals surface area contributed by atoms with Crippen molar-refractivity contribution in [1.82, 2.24) is 0 Å². The van der Waals surface area contributed by atoms with Crippen LogP contribution in [0.25, 0.3) is 0 Å². The molecule has 0 amide bonds. The predicted molar refractivity (Wildman–Crippen MR) is 190 cm³/mol. The molecular formula is C39H76O8. The molecule has 1 fully saturated rings. The SMILES string of the molecule is CCCCCCCCCCCCCCCC(O)C(CCCCCCCCCCCCCC)C(=O)OC[C@H]1OC(OC)[C@H](O)[C@@H](O)[C@@H]1O. The topological polar surface area (TPSA) is 126 Å². The molecule has 4 N–H and O–H groups in total. The van der Waals surface area contributed by atoms with E-state index in [1.165, 1.54) is 129 Å². The third-order valence-corrected chi connectivity index (χ3v) is 10.0. The molecule has 3 unspecified atom stereocenters. The van der Waals surface area contributed by atoms with Crippen LogP contribution in [0.5, 0.6) is 0 Å². The van der Waals surface area contributed by atoms with E-state index >= 15 is 0 Å². The minimum Gasteiger partial charge on any atom is -0.463 e. The maximum Gasteiger partial charge on any atom is 0.311 e. The fourth-order valence-electron chi connectivity index (χ4n) is 6.77. The largest absolute Gasteiger partial charge is 0.463 e. The molecule has 0 aliphatic carbocycles. The predicted octanol–water partition coefficient (Wildman–Crippen LogP) is 8.53. The van der Waals surface area contributed by atoms with Gasteiger partial charge in [0.25, 0.3) is 0 Å². The van der Waals surface area contributed by atoms with Gasteiger partial charge in [-0.3, -0.25) is 4.79 Å². The molecular weight excluding hydrogens is 596 g/mol. The van der Waals surface area contributed by atoms with Crippen molar-refractivity contribution in [3.8, 4) is 0 Å². The van der Waals surface area contributed by atoms with Crippen molar-refractivity contribution in [3.63, 3.8) is 0 Å². The molecule has 0 radical (unpaired) electrons. The van der Waals surface area contributed by atoms with Gasteiger partial charge < -0.3 is 34.6 Å². The Bertz CT molecular complexity index is 704. The number of esters is 1. The molecule has 0 bridgehead atoms. The number of methoxy groups -OCH3 is 1. The van der Waals surface area contributed by atoms with E-state index in [-0.39, 0.29) is 6.61 Å². The Morgan fingerprint density at radius 2 is 0.957 bits per heavy atom. The highest BCUT2D eigenvalue weighted by Gasteiger charge is 2.44. The number of hydrogen-bond acceptors (Lipinski definition) is 8. The third kappa shape index (κ3) is 21.1. The molecule has 0 saturated carbocycles. The van der Waals surface area contributed by atoms with Crippen molar-refractivity contribution in [2.45, 2.75) is 224 Å². The Kier molecular flexibility index (Phi) is 28.3. The molecule has 7 atom stereocenters. The number of unbranched alkanes of at least 4 members (excludes halogenated alkanes) is 23. The van der Waals surface area contributed by atoms with E-state index in [0.29, 0.717) is 12.8 Å². The van der Waals surface area contributed by atoms with E-state index in [1.807, 2.05) is 0 Å². The van der Waals surface area contributed by atoms with Gasteiger partial charge in [0.15, 0.2) is 6.29 Å². The van der Waals surface area contributed by atoms with Crippen LogP contribution in [0.4, 0.5) is 0 Å². The monoisotopic (exact) mass is 673 g/mol. The lowest BCUT2D eigenvalue weighted by Crippen LogP contribution is -2.59. The summed E-state index contributed by atoms with van der Waals surface area (Å²) in [4.78, 5) is 13.2. The molecule has 0 aromatic rings. The van der Waals surface area contributed by atoms with Crippen molar-refractivity contribution < 1.29 is 39.4 Å². The average molecular weight is 673 g/mol. The standard InChI is InChI=1S/C39H76O8/c1-4-6-8-10-12-14-16-18-20-22-24-26-28-30-33(40)32(29-27-25-23-21-19-17-15-13-11-9-7-5-2)38(44)46-31-34-35(41)36(42)37(43)39(45-3)47-34/h32-37,39-43H,4-31H2,1-3H3/t32?,33?,34-,35-,36+,37-,39?/m1/s1. The Morgan fingerprint density at radius 3 is 1.36 bits per heavy atom. The fraction of sp³-hybridized carbons (Fsp3) is 0.974. The summed E-state index contributed by atoms with van der Waals surface area (Å²) in [6, 6.07) is 0. The van der Waals surface area contributed by atoms with Gasteiger partial charge in [0.2, 0.25) is 0 Å². The van der Waals surface area contributed by atoms with Crippen molar-refractivity contribution in [2.75, 3.05) is 13.7 Å². The molecule has 8 nitrogen and oxygen atoms in total. The zero-order chi connectivity index (χ0) is 34.5. The van der Waals surface area contributed by atoms with Gasteiger partial charge in [0.05, 0.1) is 12.0 Å². The van der Waals surface area contributed by atoms with Crippen LogP contribution in [0, 0.1) is 5.92 Å². The molecule has 1 heterocycles. The molecule has 1 aliphatic heterocycles. The van der Waals surface area contributed by atoms with Gasteiger partial charge in [-0.05, 0) is 12.8 Å². The highest BCUT2D eigenvalue weighted by Crippen LogP contribution is 2.25. The minimum absolute atomic E-state index is 0.288. The normalized spacial score (nSPS) is 22.7. The number of aliphatic hydroxyl groups excluding tert-OH is 4. The van der Waals surface area contributed by atoms with Gasteiger partial charge in [0.1, 0.15) is 31.0 Å². The Hall–Kier alpha value is -0.770. The number of ether oxygens (including phenoxy) is 3. The molecule has 8 heteroatoms. The first-order chi connectivity index (χ1) is 22.9. The summed E-state index contributed by atoms with van der Waals surface area (Å²) in [7, 11) is 1.33. The summed E-state index contributed by atoms with van der Waals surface area (Å²) in [5.74, 6) is -1.13. The van der Waals surface area contributed by atoms with Crippen LogP contribution in [-0.2, 0) is 19.0 Å². The lowest BCUT2D eigenvalue weighted by molar-refractivity contribution is -0.295. The second-order valence-electron chi connectivity index (χ2n) is 14.3. The van der Waals surface area contributed by atoms with E-state index in [2.05, 4.69) is 13.8 Å². The lowest BCUT2D eigenvalue weighted by atomic mass is 9.91. The van der Waals surface area contributed by atoms with Gasteiger partial charge >= 0.3 is 5.97 Å². The van der Waals surface area contributed by atoms with Crippen LogP contribution in [-0.4, -0.2) is 76.9 Å². The first-order valence-electron chi connectivity index (χ1n) is 19.9. The zero-order valence-electron chi connectivity index (χ0n) is 30.8. The van der Waals surface area contributed by atoms with E-state index in [9.17, 15) is 25.2 Å². The highest BCUT2D eigenvalue weighted by molar-refractivity contribution is 5.73. The third-order valence-electron chi connectivity index (χ3n) is 10.0. The maximum absolute atomic E-state index is 13.2. The van der Waals surface area contributed by atoms with Gasteiger partial charge in [0, 0.05) is 7.11 Å². The number of aliphatic hydroxyl groups is 4. The van der Waals surface area contributed by atoms with Gasteiger partial charge in [-0.15, -0.1) is 0 Å². The summed E-state index contributed by atoms with van der Waals surface area (Å²) in [5.41, 5.74) is 0. The van der Waals surface area contributed by atoms with E-state index in [1.54, 1.807) is 0 Å². The van der Waals surface area contributed by atoms with Crippen LogP contribution >= 0.6 is 0 Å². The van der Waals surface area contributed by atoms with Crippen molar-refractivity contribution in [3.05, 3.63) is 0 Å². The molecule has 1 saturated heterocycles. The molecule has 0 aromatic carbocycles. The van der Waals surface area contributed by atoms with Crippen LogP contribution in [0.3, 0.4) is 0 Å². The van der Waals surface area contributed by atoms with Gasteiger partial charge in [-0.2, -0.15) is 0 Å². The second kappa shape index (κ2) is 30.1. The quantitative estimate of drug-likeness (QED) is 0.0414. The smallest absolute Gasteiger partial charge is 0.311 e. The van der Waals surface area contributed by atoms with Crippen LogP contribution < -0.4 is 0 Å². The Morgan fingerprint density at radius 1 is 0.574 bits per heavy atom. The summed E-state index contributed by atoms with van der Waals surface area (Å²) in [6.07, 6.45) is 25.0. The summed E-state index contributed by atoms with van der Waals surface area (Å²) in [6.45, 7) is 4.22. The molecule has 1 aliphatic rings. The van der Waals surface area contributed by atoms with Crippen molar-refractivity contribution in [1.29, 1.82) is 0 Å². The highest BCUT2D eigenvalue weighted by atomic mass is 16.7. The Balaban J connectivity index is 2.41. The van der Waals surface area contributed by atoms with Gasteiger partial charge in [-0.1, -0.05) is 174 Å². The first kappa shape index (κ1) is 44.3. The average Bonchev–Trinajstić information content (AvgIpc) is 3.07. The van der Waals surface area contributed by atoms with Gasteiger partial charge in [-0.25, -0.2) is 0 Å². The molecule has 0 spiro atoms. The summed E-state index contributed by atoms with van der Waals surface area (Å²) < 4.78 is 16.1. The van der Waals surface area contributed by atoms with Crippen molar-refractivity contribution in [2.24, 2.45) is 5.92 Å². The fourth-order valence-corrected chi connectivity index (χ4v) is 6.77. The maximum atomic E-state index is 13.2. The minimum atomic E-state index is -1.48. The zero-order valence-corrected chi connectivity index (χ0v) is 30.8. The number of carbonyl (C=O) groups excluding carboxylic acids is 1. The van der Waals surface area contributed by atoms with E-state index in [0.717, 1.165) is 38.5 Å². The molecule has 47 heavy (non-hydrogen) atoms. The number of rotatable bonds is 32. The van der Waals surface area contributed by atoms with E-state index in [4.69, 9.17) is 14.2 Å².